The van der Waals surface area contributed by atoms with Gasteiger partial charge >= 0.3 is 5.69 Å². The molecule has 28 heavy (non-hydrogen) atoms. The van der Waals surface area contributed by atoms with E-state index in [4.69, 9.17) is 21.6 Å². The summed E-state index contributed by atoms with van der Waals surface area (Å²) in [5, 5.41) is 8.87. The molecule has 3 unspecified atom stereocenters. The monoisotopic (exact) mass is 388 g/mol. The summed E-state index contributed by atoms with van der Waals surface area (Å²) in [6.45, 7) is 2.93. The van der Waals surface area contributed by atoms with Gasteiger partial charge in [0.05, 0.1) is 23.9 Å². The number of anilines is 1. The molecule has 1 saturated heterocycles. The molecule has 4 rings (SSSR count). The lowest BCUT2D eigenvalue weighted by Gasteiger charge is -2.30. The van der Waals surface area contributed by atoms with E-state index in [1.807, 2.05) is 4.90 Å². The molecule has 0 bridgehead atoms. The van der Waals surface area contributed by atoms with E-state index >= 15 is 4.39 Å². The zero-order valence-corrected chi connectivity index (χ0v) is 15.4. The van der Waals surface area contributed by atoms with E-state index in [0.29, 0.717) is 24.2 Å². The molecular weight excluding hydrogens is 367 g/mol. The normalized spacial score (nSPS) is 22.1. The van der Waals surface area contributed by atoms with E-state index < -0.39 is 17.1 Å². The number of ether oxygens (including phenoxy) is 1. The Morgan fingerprint density at radius 1 is 1.46 bits per heavy atom. The van der Waals surface area contributed by atoms with E-state index in [2.05, 4.69) is 6.07 Å². The van der Waals surface area contributed by atoms with Gasteiger partial charge in [-0.3, -0.25) is 9.36 Å². The van der Waals surface area contributed by atoms with Crippen molar-refractivity contribution in [2.75, 3.05) is 30.4 Å². The maximum atomic E-state index is 15.1. The number of nitrogens with two attached hydrogens (primary N) is 2. The van der Waals surface area contributed by atoms with Crippen molar-refractivity contribution in [3.63, 3.8) is 0 Å². The predicted molar refractivity (Wildman–Crippen MR) is 101 cm³/mol. The third-order valence-corrected chi connectivity index (χ3v) is 5.67. The molecule has 0 spiro atoms. The van der Waals surface area contributed by atoms with Crippen LogP contribution in [0, 0.1) is 23.1 Å². The molecular formula is C18H21FN6O3. The second-order valence-electron chi connectivity index (χ2n) is 7.44. The number of hydrogen-bond acceptors (Lipinski definition) is 7. The largest absolute Gasteiger partial charge is 0.487 e. The van der Waals surface area contributed by atoms with Crippen LogP contribution in [0.15, 0.2) is 15.7 Å². The average molecular weight is 388 g/mol. The lowest BCUT2D eigenvalue weighted by atomic mass is 9.98. The molecule has 1 aromatic carbocycles. The summed E-state index contributed by atoms with van der Waals surface area (Å²) in [5.41, 5.74) is 5.11. The van der Waals surface area contributed by atoms with Crippen LogP contribution in [0.1, 0.15) is 25.8 Å². The van der Waals surface area contributed by atoms with Crippen LogP contribution >= 0.6 is 0 Å². The van der Waals surface area contributed by atoms with E-state index in [0.717, 1.165) is 6.07 Å². The molecule has 0 amide bonds. The highest BCUT2D eigenvalue weighted by Gasteiger charge is 2.34. The Morgan fingerprint density at radius 2 is 2.21 bits per heavy atom. The van der Waals surface area contributed by atoms with Crippen LogP contribution in [0.25, 0.3) is 10.9 Å². The van der Waals surface area contributed by atoms with Crippen molar-refractivity contribution in [3.8, 4) is 11.8 Å². The van der Waals surface area contributed by atoms with Gasteiger partial charge in [-0.15, -0.1) is 0 Å². The Hall–Kier alpha value is -3.06. The van der Waals surface area contributed by atoms with Gasteiger partial charge in [0.25, 0.3) is 5.56 Å². The van der Waals surface area contributed by atoms with Crippen LogP contribution in [0.4, 0.5) is 10.1 Å². The number of aromatic nitrogens is 2. The lowest BCUT2D eigenvalue weighted by Crippen LogP contribution is -2.47. The SMILES string of the molecule is CC1COc2c(N3CCC(C(N)CC#N)C3)c(F)cc3c(=O)n(N)c(=O)n1c23. The van der Waals surface area contributed by atoms with Crippen molar-refractivity contribution in [3.05, 3.63) is 32.7 Å². The van der Waals surface area contributed by atoms with Crippen LogP contribution in [-0.2, 0) is 0 Å². The number of hydrogen-bond donors (Lipinski definition) is 2. The van der Waals surface area contributed by atoms with Crippen LogP contribution in [0.5, 0.6) is 5.75 Å². The highest BCUT2D eigenvalue weighted by atomic mass is 19.1. The van der Waals surface area contributed by atoms with Gasteiger partial charge in [0.15, 0.2) is 11.6 Å². The first-order valence-electron chi connectivity index (χ1n) is 9.14. The van der Waals surface area contributed by atoms with Crippen molar-refractivity contribution in [2.45, 2.75) is 31.8 Å². The molecule has 0 radical (unpaired) electrons. The van der Waals surface area contributed by atoms with E-state index in [-0.39, 0.29) is 53.4 Å². The highest BCUT2D eigenvalue weighted by Crippen LogP contribution is 2.42. The summed E-state index contributed by atoms with van der Waals surface area (Å²) < 4.78 is 22.8. The zero-order chi connectivity index (χ0) is 20.2. The zero-order valence-electron chi connectivity index (χ0n) is 15.4. The Morgan fingerprint density at radius 3 is 2.93 bits per heavy atom. The average Bonchev–Trinajstić information content (AvgIpc) is 3.14. The van der Waals surface area contributed by atoms with Gasteiger partial charge in [-0.05, 0) is 25.3 Å². The van der Waals surface area contributed by atoms with Crippen molar-refractivity contribution < 1.29 is 9.13 Å². The quantitative estimate of drug-likeness (QED) is 0.709. The van der Waals surface area contributed by atoms with Gasteiger partial charge < -0.3 is 21.2 Å². The predicted octanol–water partition coefficient (Wildman–Crippen LogP) is 0.0368. The smallest absolute Gasteiger partial charge is 0.350 e. The minimum Gasteiger partial charge on any atom is -0.487 e. The molecule has 0 saturated carbocycles. The first-order chi connectivity index (χ1) is 13.3. The third-order valence-electron chi connectivity index (χ3n) is 5.67. The lowest BCUT2D eigenvalue weighted by molar-refractivity contribution is 0.241. The fraction of sp³-hybridized carbons (Fsp3) is 0.500. The number of nitrogens with zero attached hydrogens (tertiary/aromatic N) is 4. The maximum Gasteiger partial charge on any atom is 0.350 e. The summed E-state index contributed by atoms with van der Waals surface area (Å²) in [7, 11) is 0. The van der Waals surface area contributed by atoms with Crippen LogP contribution in [0.3, 0.4) is 0 Å². The van der Waals surface area contributed by atoms with Crippen molar-refractivity contribution in [2.24, 2.45) is 11.7 Å². The fourth-order valence-corrected chi connectivity index (χ4v) is 4.17. The van der Waals surface area contributed by atoms with Crippen molar-refractivity contribution in [1.82, 2.24) is 9.24 Å². The molecule has 3 heterocycles. The molecule has 9 nitrogen and oxygen atoms in total. The van der Waals surface area contributed by atoms with Gasteiger partial charge in [-0.1, -0.05) is 0 Å². The first-order valence-corrected chi connectivity index (χ1v) is 9.14. The summed E-state index contributed by atoms with van der Waals surface area (Å²) in [6.07, 6.45) is 0.947. The number of nitriles is 1. The van der Waals surface area contributed by atoms with Gasteiger partial charge in [0.2, 0.25) is 0 Å². The summed E-state index contributed by atoms with van der Waals surface area (Å²) >= 11 is 0. The second kappa shape index (κ2) is 6.53. The molecule has 1 fully saturated rings. The molecule has 2 aliphatic heterocycles. The topological polar surface area (TPSA) is 132 Å². The highest BCUT2D eigenvalue weighted by molar-refractivity contribution is 5.91. The standard InChI is InChI=1S/C18H21FN6O3/c1-9-8-28-16-14-11(17(26)25(22)18(27)24(9)14)6-12(19)15(16)23-5-3-10(7-23)13(21)2-4-20/h6,9-10,13H,2-3,5,7-8,21-22H2,1H3. The molecule has 148 valence electrons. The molecule has 1 aromatic heterocycles. The molecule has 10 heteroatoms. The van der Waals surface area contributed by atoms with E-state index in [9.17, 15) is 9.59 Å². The van der Waals surface area contributed by atoms with Crippen LogP contribution < -0.4 is 32.5 Å². The van der Waals surface area contributed by atoms with Gasteiger partial charge in [-0.25, -0.2) is 9.18 Å². The molecule has 4 N–H and O–H groups in total. The Labute approximate surface area is 159 Å². The molecule has 2 aromatic rings. The number of benzene rings is 1. The molecule has 2 aliphatic rings. The summed E-state index contributed by atoms with van der Waals surface area (Å²) in [5.74, 6) is 5.21. The number of rotatable bonds is 3. The van der Waals surface area contributed by atoms with Crippen molar-refractivity contribution in [1.29, 1.82) is 5.26 Å². The second-order valence-corrected chi connectivity index (χ2v) is 7.44. The van der Waals surface area contributed by atoms with E-state index in [1.54, 1.807) is 6.92 Å². The van der Waals surface area contributed by atoms with Crippen LogP contribution in [0.2, 0.25) is 0 Å². The third kappa shape index (κ3) is 2.54. The number of nitrogen functional groups attached to an aromatic ring is 1. The Bertz CT molecular complexity index is 1120. The van der Waals surface area contributed by atoms with Crippen molar-refractivity contribution >= 4 is 16.6 Å². The summed E-state index contributed by atoms with van der Waals surface area (Å²) in [4.78, 5) is 26.8. The van der Waals surface area contributed by atoms with E-state index in [1.165, 1.54) is 4.57 Å². The van der Waals surface area contributed by atoms with Gasteiger partial charge in [0, 0.05) is 19.1 Å². The molecule has 3 atom stereocenters. The Kier molecular flexibility index (Phi) is 4.27. The summed E-state index contributed by atoms with van der Waals surface area (Å²) in [6, 6.07) is 2.53. The minimum absolute atomic E-state index is 0.00169. The van der Waals surface area contributed by atoms with Crippen LogP contribution in [-0.4, -0.2) is 35.0 Å². The number of halogens is 1. The fourth-order valence-electron chi connectivity index (χ4n) is 4.17. The first kappa shape index (κ1) is 18.3. The molecule has 0 aliphatic carbocycles. The van der Waals surface area contributed by atoms with Gasteiger partial charge in [-0.2, -0.15) is 9.94 Å². The maximum absolute atomic E-state index is 15.1. The Balaban J connectivity index is 1.90. The minimum atomic E-state index is -0.768. The van der Waals surface area contributed by atoms with Gasteiger partial charge in [0.1, 0.15) is 17.8 Å².